The molecule has 1 aromatic heterocycles. The Bertz CT molecular complexity index is 1640. The fourth-order valence-corrected chi connectivity index (χ4v) is 5.78. The molecule has 1 atom stereocenters. The number of nitrogens with zero attached hydrogens (tertiary/aromatic N) is 2. The zero-order valence-electron chi connectivity index (χ0n) is 22.0. The van der Waals surface area contributed by atoms with Crippen LogP contribution in [0.3, 0.4) is 0 Å². The van der Waals surface area contributed by atoms with E-state index < -0.39 is 17.7 Å². The molecule has 1 saturated heterocycles. The Kier molecular flexibility index (Phi) is 6.88. The molecular formula is C29H26N2O7S. The lowest BCUT2D eigenvalue weighted by Gasteiger charge is -2.25. The van der Waals surface area contributed by atoms with Gasteiger partial charge in [0.05, 0.1) is 44.2 Å². The van der Waals surface area contributed by atoms with Crippen molar-refractivity contribution in [3.8, 4) is 23.0 Å². The lowest BCUT2D eigenvalue weighted by molar-refractivity contribution is -0.132. The number of carbonyl (C=O) groups is 2. The van der Waals surface area contributed by atoms with E-state index in [2.05, 4.69) is 4.98 Å². The number of rotatable bonds is 7. The van der Waals surface area contributed by atoms with Crippen LogP contribution in [0.1, 0.15) is 22.7 Å². The van der Waals surface area contributed by atoms with Crippen molar-refractivity contribution in [1.82, 2.24) is 4.98 Å². The molecule has 200 valence electrons. The summed E-state index contributed by atoms with van der Waals surface area (Å²) in [6.45, 7) is 1.83. The molecule has 1 N–H and O–H groups in total. The van der Waals surface area contributed by atoms with E-state index in [0.717, 1.165) is 10.3 Å². The first-order valence-electron chi connectivity index (χ1n) is 11.9. The number of para-hydroxylation sites is 1. The maximum atomic E-state index is 13.6. The molecule has 0 saturated carbocycles. The lowest BCUT2D eigenvalue weighted by Crippen LogP contribution is -2.29. The number of aryl methyl sites for hydroxylation is 1. The average molecular weight is 547 g/mol. The van der Waals surface area contributed by atoms with Gasteiger partial charge in [-0.25, -0.2) is 4.98 Å². The second-order valence-corrected chi connectivity index (χ2v) is 9.78. The molecule has 0 bridgehead atoms. The molecule has 10 heteroatoms. The number of thiazole rings is 1. The van der Waals surface area contributed by atoms with E-state index in [1.54, 1.807) is 62.8 Å². The smallest absolute Gasteiger partial charge is 0.301 e. The van der Waals surface area contributed by atoms with E-state index in [0.29, 0.717) is 44.8 Å². The van der Waals surface area contributed by atoms with Gasteiger partial charge in [0.2, 0.25) is 0 Å². The van der Waals surface area contributed by atoms with E-state index in [1.165, 1.54) is 30.5 Å². The Morgan fingerprint density at radius 3 is 2.36 bits per heavy atom. The number of aliphatic hydroxyl groups excluding tert-OH is 1. The fraction of sp³-hybridized carbons (Fsp3) is 0.207. The van der Waals surface area contributed by atoms with Crippen molar-refractivity contribution in [2.45, 2.75) is 13.0 Å². The highest BCUT2D eigenvalue weighted by Crippen LogP contribution is 2.48. The maximum Gasteiger partial charge on any atom is 0.301 e. The summed E-state index contributed by atoms with van der Waals surface area (Å²) < 4.78 is 22.6. The Morgan fingerprint density at radius 2 is 1.69 bits per heavy atom. The van der Waals surface area contributed by atoms with Gasteiger partial charge in [-0.2, -0.15) is 0 Å². The summed E-state index contributed by atoms with van der Waals surface area (Å²) in [5.74, 6) is 0.0320. The van der Waals surface area contributed by atoms with E-state index in [1.807, 2.05) is 13.0 Å². The first-order chi connectivity index (χ1) is 18.8. The van der Waals surface area contributed by atoms with Crippen LogP contribution >= 0.6 is 11.3 Å². The lowest BCUT2D eigenvalue weighted by atomic mass is 9.94. The Hall–Kier alpha value is -4.57. The molecule has 1 amide bonds. The average Bonchev–Trinajstić information content (AvgIpc) is 3.49. The number of fused-ring (bicyclic) bond motifs is 1. The topological polar surface area (TPSA) is 107 Å². The summed E-state index contributed by atoms with van der Waals surface area (Å²) >= 11 is 1.24. The molecule has 0 aliphatic carbocycles. The van der Waals surface area contributed by atoms with Gasteiger partial charge >= 0.3 is 5.91 Å². The summed E-state index contributed by atoms with van der Waals surface area (Å²) in [5, 5.41) is 11.8. The maximum absolute atomic E-state index is 13.6. The molecule has 5 rings (SSSR count). The standard InChI is InChI=1S/C29H26N2O7S/c1-15-13-16(9-12-20(15)36-3)25(32)23-24(18-7-6-8-21(37-4)27(18)38-5)31(28(34)26(23)33)29-30-19-11-10-17(35-2)14-22(19)39-29/h6-14,24,32H,1-5H3. The third-order valence-electron chi connectivity index (χ3n) is 6.63. The van der Waals surface area contributed by atoms with Crippen molar-refractivity contribution in [3.05, 3.63) is 76.9 Å². The minimum Gasteiger partial charge on any atom is -0.507 e. The van der Waals surface area contributed by atoms with Crippen molar-refractivity contribution in [2.75, 3.05) is 33.3 Å². The van der Waals surface area contributed by atoms with E-state index in [9.17, 15) is 14.7 Å². The fourth-order valence-electron chi connectivity index (χ4n) is 4.76. The first-order valence-corrected chi connectivity index (χ1v) is 12.8. The number of ether oxygens (including phenoxy) is 4. The molecular weight excluding hydrogens is 520 g/mol. The van der Waals surface area contributed by atoms with Gasteiger partial charge < -0.3 is 24.1 Å². The van der Waals surface area contributed by atoms with Gasteiger partial charge in [0.15, 0.2) is 16.6 Å². The zero-order valence-corrected chi connectivity index (χ0v) is 22.8. The zero-order chi connectivity index (χ0) is 27.8. The summed E-state index contributed by atoms with van der Waals surface area (Å²) in [7, 11) is 6.09. The number of hydrogen-bond acceptors (Lipinski definition) is 9. The Morgan fingerprint density at radius 1 is 0.923 bits per heavy atom. The number of hydrogen-bond donors (Lipinski definition) is 1. The number of aliphatic hydroxyl groups is 1. The van der Waals surface area contributed by atoms with Gasteiger partial charge in [0, 0.05) is 11.1 Å². The minimum atomic E-state index is -1.04. The van der Waals surface area contributed by atoms with Crippen molar-refractivity contribution < 1.29 is 33.6 Å². The molecule has 0 spiro atoms. The Balaban J connectivity index is 1.77. The number of carbonyl (C=O) groups excluding carboxylic acids is 2. The first kappa shape index (κ1) is 26.1. The van der Waals surface area contributed by atoms with Crippen LogP contribution in [0.5, 0.6) is 23.0 Å². The molecule has 4 aromatic rings. The molecule has 2 heterocycles. The van der Waals surface area contributed by atoms with E-state index in [4.69, 9.17) is 18.9 Å². The predicted molar refractivity (Wildman–Crippen MR) is 148 cm³/mol. The van der Waals surface area contributed by atoms with Gasteiger partial charge in [0.1, 0.15) is 23.3 Å². The molecule has 1 aliphatic heterocycles. The quantitative estimate of drug-likeness (QED) is 0.190. The molecule has 1 aliphatic rings. The third-order valence-corrected chi connectivity index (χ3v) is 7.65. The summed E-state index contributed by atoms with van der Waals surface area (Å²) in [6, 6.07) is 14.5. The summed E-state index contributed by atoms with van der Waals surface area (Å²) in [4.78, 5) is 33.2. The highest BCUT2D eigenvalue weighted by atomic mass is 32.1. The largest absolute Gasteiger partial charge is 0.507 e. The molecule has 3 aromatic carbocycles. The second-order valence-electron chi connectivity index (χ2n) is 8.77. The van der Waals surface area contributed by atoms with E-state index in [-0.39, 0.29) is 11.3 Å². The van der Waals surface area contributed by atoms with Gasteiger partial charge in [-0.15, -0.1) is 0 Å². The number of aromatic nitrogens is 1. The normalized spacial score (nSPS) is 16.5. The van der Waals surface area contributed by atoms with E-state index >= 15 is 0 Å². The van der Waals surface area contributed by atoms with Crippen molar-refractivity contribution in [1.29, 1.82) is 0 Å². The number of Topliss-reactive ketones (excluding diaryl/α,β-unsaturated/α-hetero) is 1. The Labute approximate surface area is 228 Å². The molecule has 1 unspecified atom stereocenters. The second kappa shape index (κ2) is 10.3. The number of benzene rings is 3. The van der Waals surface area contributed by atoms with Gasteiger partial charge in [-0.05, 0) is 55.0 Å². The number of amides is 1. The molecule has 9 nitrogen and oxygen atoms in total. The van der Waals surface area contributed by atoms with Crippen LogP contribution < -0.4 is 23.8 Å². The van der Waals surface area contributed by atoms with Crippen LogP contribution in [0.25, 0.3) is 16.0 Å². The highest BCUT2D eigenvalue weighted by Gasteiger charge is 2.49. The van der Waals surface area contributed by atoms with Crippen LogP contribution in [0, 0.1) is 6.92 Å². The number of methoxy groups -OCH3 is 4. The SMILES string of the molecule is COc1ccc2nc(N3C(=O)C(=O)C(=C(O)c4ccc(OC)c(C)c4)C3c3cccc(OC)c3OC)sc2c1. The highest BCUT2D eigenvalue weighted by molar-refractivity contribution is 7.22. The van der Waals surface area contributed by atoms with Gasteiger partial charge in [-0.3, -0.25) is 14.5 Å². The molecule has 0 radical (unpaired) electrons. The van der Waals surface area contributed by atoms with Crippen LogP contribution in [-0.2, 0) is 9.59 Å². The number of anilines is 1. The van der Waals surface area contributed by atoms with Crippen molar-refractivity contribution >= 4 is 44.1 Å². The summed E-state index contributed by atoms with van der Waals surface area (Å²) in [5.41, 5.74) is 2.13. The van der Waals surface area contributed by atoms with Gasteiger partial charge in [-0.1, -0.05) is 23.5 Å². The minimum absolute atomic E-state index is 0.0899. The van der Waals surface area contributed by atoms with Crippen LogP contribution in [-0.4, -0.2) is 50.2 Å². The monoisotopic (exact) mass is 546 g/mol. The molecule has 1 fully saturated rings. The van der Waals surface area contributed by atoms with Crippen LogP contribution in [0.4, 0.5) is 5.13 Å². The third kappa shape index (κ3) is 4.32. The predicted octanol–water partition coefficient (Wildman–Crippen LogP) is 5.27. The molecule has 39 heavy (non-hydrogen) atoms. The van der Waals surface area contributed by atoms with Crippen LogP contribution in [0.2, 0.25) is 0 Å². The van der Waals surface area contributed by atoms with Gasteiger partial charge in [0.25, 0.3) is 5.78 Å². The van der Waals surface area contributed by atoms with Crippen LogP contribution in [0.15, 0.2) is 60.2 Å². The van der Waals surface area contributed by atoms with Crippen molar-refractivity contribution in [2.24, 2.45) is 0 Å². The summed E-state index contributed by atoms with van der Waals surface area (Å²) in [6.07, 6.45) is 0. The van der Waals surface area contributed by atoms with Crippen molar-refractivity contribution in [3.63, 3.8) is 0 Å². The number of ketones is 1.